The minimum atomic E-state index is 0.714. The third-order valence-corrected chi connectivity index (χ3v) is 3.24. The zero-order valence-corrected chi connectivity index (χ0v) is 8.93. The fraction of sp³-hybridized carbons (Fsp3) is 0.833. The lowest BCUT2D eigenvalue weighted by Gasteiger charge is -2.23. The lowest BCUT2D eigenvalue weighted by Crippen LogP contribution is -2.35. The van der Waals surface area contributed by atoms with Crippen LogP contribution in [0.25, 0.3) is 0 Å². The Labute approximate surface area is 86.7 Å². The van der Waals surface area contributed by atoms with Gasteiger partial charge >= 0.3 is 0 Å². The Morgan fingerprint density at radius 2 is 2.21 bits per heavy atom. The van der Waals surface area contributed by atoms with E-state index in [9.17, 15) is 0 Å². The van der Waals surface area contributed by atoms with Crippen LogP contribution in [0.1, 0.15) is 38.5 Å². The molecule has 0 aromatic carbocycles. The van der Waals surface area contributed by atoms with Crippen molar-refractivity contribution in [3.63, 3.8) is 0 Å². The SMILES string of the molecule is C1=C(CCNC2CCOCC2)CCC1. The first-order valence-corrected chi connectivity index (χ1v) is 5.94. The van der Waals surface area contributed by atoms with Gasteiger partial charge in [-0.1, -0.05) is 11.6 Å². The van der Waals surface area contributed by atoms with Gasteiger partial charge in [0.2, 0.25) is 0 Å². The summed E-state index contributed by atoms with van der Waals surface area (Å²) in [6.45, 7) is 3.05. The van der Waals surface area contributed by atoms with E-state index in [0.29, 0.717) is 6.04 Å². The Morgan fingerprint density at radius 1 is 1.36 bits per heavy atom. The molecule has 0 radical (unpaired) electrons. The third kappa shape index (κ3) is 3.10. The number of nitrogens with one attached hydrogen (secondary N) is 1. The maximum Gasteiger partial charge on any atom is 0.0480 e. The van der Waals surface area contributed by atoms with Crippen LogP contribution in [0.4, 0.5) is 0 Å². The van der Waals surface area contributed by atoms with Gasteiger partial charge in [0.25, 0.3) is 0 Å². The summed E-state index contributed by atoms with van der Waals surface area (Å²) in [5.74, 6) is 0. The average Bonchev–Trinajstić information content (AvgIpc) is 2.72. The second-order valence-corrected chi connectivity index (χ2v) is 4.35. The van der Waals surface area contributed by atoms with E-state index in [2.05, 4.69) is 11.4 Å². The van der Waals surface area contributed by atoms with Crippen molar-refractivity contribution >= 4 is 0 Å². The number of hydrogen-bond donors (Lipinski definition) is 1. The highest BCUT2D eigenvalue weighted by atomic mass is 16.5. The summed E-state index contributed by atoms with van der Waals surface area (Å²) in [6, 6.07) is 0.714. The summed E-state index contributed by atoms with van der Waals surface area (Å²) in [5.41, 5.74) is 1.67. The Kier molecular flexibility index (Phi) is 4.02. The molecule has 2 rings (SSSR count). The summed E-state index contributed by atoms with van der Waals surface area (Å²) in [4.78, 5) is 0. The van der Waals surface area contributed by atoms with Crippen molar-refractivity contribution in [1.29, 1.82) is 0 Å². The normalized spacial score (nSPS) is 23.9. The van der Waals surface area contributed by atoms with E-state index >= 15 is 0 Å². The third-order valence-electron chi connectivity index (χ3n) is 3.24. The average molecular weight is 195 g/mol. The van der Waals surface area contributed by atoms with Crippen molar-refractivity contribution in [3.8, 4) is 0 Å². The predicted molar refractivity (Wildman–Crippen MR) is 58.4 cm³/mol. The first kappa shape index (κ1) is 10.2. The summed E-state index contributed by atoms with van der Waals surface area (Å²) < 4.78 is 5.33. The van der Waals surface area contributed by atoms with Crippen LogP contribution in [-0.4, -0.2) is 25.8 Å². The molecule has 0 aromatic rings. The van der Waals surface area contributed by atoms with Gasteiger partial charge in [0, 0.05) is 19.3 Å². The van der Waals surface area contributed by atoms with E-state index in [4.69, 9.17) is 4.74 Å². The molecular formula is C12H21NO. The number of hydrogen-bond acceptors (Lipinski definition) is 2. The summed E-state index contributed by atoms with van der Waals surface area (Å²) in [7, 11) is 0. The van der Waals surface area contributed by atoms with E-state index in [1.165, 1.54) is 38.5 Å². The Bertz CT molecular complexity index is 194. The molecule has 0 saturated carbocycles. The van der Waals surface area contributed by atoms with Crippen LogP contribution in [0, 0.1) is 0 Å². The van der Waals surface area contributed by atoms with Gasteiger partial charge in [-0.15, -0.1) is 0 Å². The van der Waals surface area contributed by atoms with E-state index in [0.717, 1.165) is 19.8 Å². The number of allylic oxidation sites excluding steroid dienone is 1. The van der Waals surface area contributed by atoms with Gasteiger partial charge in [-0.25, -0.2) is 0 Å². The Balaban J connectivity index is 1.57. The van der Waals surface area contributed by atoms with Gasteiger partial charge in [-0.3, -0.25) is 0 Å². The van der Waals surface area contributed by atoms with Crippen molar-refractivity contribution < 1.29 is 4.74 Å². The van der Waals surface area contributed by atoms with Crippen molar-refractivity contribution in [2.75, 3.05) is 19.8 Å². The second-order valence-electron chi connectivity index (χ2n) is 4.35. The zero-order chi connectivity index (χ0) is 9.64. The molecule has 2 heteroatoms. The van der Waals surface area contributed by atoms with Crippen LogP contribution < -0.4 is 5.32 Å². The molecule has 0 atom stereocenters. The second kappa shape index (κ2) is 5.52. The first-order valence-electron chi connectivity index (χ1n) is 5.94. The smallest absolute Gasteiger partial charge is 0.0480 e. The minimum absolute atomic E-state index is 0.714. The van der Waals surface area contributed by atoms with Gasteiger partial charge in [-0.05, 0) is 45.1 Å². The molecular weight excluding hydrogens is 174 g/mol. The molecule has 0 aromatic heterocycles. The monoisotopic (exact) mass is 195 g/mol. The van der Waals surface area contributed by atoms with E-state index in [-0.39, 0.29) is 0 Å². The van der Waals surface area contributed by atoms with Gasteiger partial charge in [0.15, 0.2) is 0 Å². The standard InChI is InChI=1S/C12H21NO/c1-2-4-11(3-1)5-8-13-12-6-9-14-10-7-12/h3,12-13H,1-2,4-10H2. The molecule has 1 aliphatic carbocycles. The van der Waals surface area contributed by atoms with Gasteiger partial charge in [0.05, 0.1) is 0 Å². The molecule has 0 spiro atoms. The molecule has 1 heterocycles. The van der Waals surface area contributed by atoms with Crippen LogP contribution in [0.5, 0.6) is 0 Å². The van der Waals surface area contributed by atoms with Crippen molar-refractivity contribution in [2.24, 2.45) is 0 Å². The molecule has 14 heavy (non-hydrogen) atoms. The molecule has 80 valence electrons. The van der Waals surface area contributed by atoms with Crippen LogP contribution >= 0.6 is 0 Å². The maximum absolute atomic E-state index is 5.33. The van der Waals surface area contributed by atoms with Crippen LogP contribution in [0.2, 0.25) is 0 Å². The fourth-order valence-electron chi connectivity index (χ4n) is 2.30. The zero-order valence-electron chi connectivity index (χ0n) is 8.93. The molecule has 2 aliphatic rings. The van der Waals surface area contributed by atoms with Gasteiger partial charge in [-0.2, -0.15) is 0 Å². The van der Waals surface area contributed by atoms with Crippen LogP contribution in [-0.2, 0) is 4.74 Å². The molecule has 0 amide bonds. The van der Waals surface area contributed by atoms with Crippen molar-refractivity contribution in [3.05, 3.63) is 11.6 Å². The summed E-state index contributed by atoms with van der Waals surface area (Å²) >= 11 is 0. The predicted octanol–water partition coefficient (Wildman–Crippen LogP) is 2.26. The van der Waals surface area contributed by atoms with Crippen LogP contribution in [0.3, 0.4) is 0 Å². The fourth-order valence-corrected chi connectivity index (χ4v) is 2.30. The highest BCUT2D eigenvalue weighted by molar-refractivity contribution is 5.07. The molecule has 1 N–H and O–H groups in total. The summed E-state index contributed by atoms with van der Waals surface area (Å²) in [5, 5.41) is 3.63. The minimum Gasteiger partial charge on any atom is -0.381 e. The number of ether oxygens (including phenoxy) is 1. The van der Waals surface area contributed by atoms with E-state index in [1.807, 2.05) is 0 Å². The highest BCUT2D eigenvalue weighted by Crippen LogP contribution is 2.20. The van der Waals surface area contributed by atoms with Crippen LogP contribution in [0.15, 0.2) is 11.6 Å². The van der Waals surface area contributed by atoms with E-state index in [1.54, 1.807) is 5.57 Å². The number of rotatable bonds is 4. The lowest BCUT2D eigenvalue weighted by atomic mass is 10.1. The Morgan fingerprint density at radius 3 is 2.93 bits per heavy atom. The maximum atomic E-state index is 5.33. The van der Waals surface area contributed by atoms with E-state index < -0.39 is 0 Å². The van der Waals surface area contributed by atoms with Crippen molar-refractivity contribution in [1.82, 2.24) is 5.32 Å². The lowest BCUT2D eigenvalue weighted by molar-refractivity contribution is 0.0782. The van der Waals surface area contributed by atoms with Gasteiger partial charge < -0.3 is 10.1 Å². The molecule has 1 fully saturated rings. The molecule has 0 unspecified atom stereocenters. The quantitative estimate of drug-likeness (QED) is 0.695. The molecule has 1 saturated heterocycles. The van der Waals surface area contributed by atoms with Gasteiger partial charge in [0.1, 0.15) is 0 Å². The molecule has 2 nitrogen and oxygen atoms in total. The summed E-state index contributed by atoms with van der Waals surface area (Å²) in [6.07, 6.45) is 10.1. The topological polar surface area (TPSA) is 21.3 Å². The first-order chi connectivity index (χ1) is 6.95. The highest BCUT2D eigenvalue weighted by Gasteiger charge is 2.12. The molecule has 0 bridgehead atoms. The Hall–Kier alpha value is -0.340. The largest absolute Gasteiger partial charge is 0.381 e. The molecule has 1 aliphatic heterocycles. The van der Waals surface area contributed by atoms with Crippen molar-refractivity contribution in [2.45, 2.75) is 44.6 Å².